The van der Waals surface area contributed by atoms with Gasteiger partial charge < -0.3 is 0 Å². The van der Waals surface area contributed by atoms with Crippen LogP contribution in [0.5, 0.6) is 0 Å². The second-order valence-corrected chi connectivity index (χ2v) is 7.54. The second-order valence-electron chi connectivity index (χ2n) is 6.25. The van der Waals surface area contributed by atoms with Crippen LogP contribution in [0.2, 0.25) is 0 Å². The first-order chi connectivity index (χ1) is 8.83. The van der Waals surface area contributed by atoms with Crippen molar-refractivity contribution >= 4 is 15.9 Å². The van der Waals surface area contributed by atoms with Crippen molar-refractivity contribution in [3.63, 3.8) is 0 Å². The fourth-order valence-corrected chi connectivity index (χ4v) is 4.08. The summed E-state index contributed by atoms with van der Waals surface area (Å²) in [6, 6.07) is 0. The summed E-state index contributed by atoms with van der Waals surface area (Å²) in [6.45, 7) is 2.30. The average Bonchev–Trinajstić information content (AvgIpc) is 2.57. The molecule has 0 bridgehead atoms. The van der Waals surface area contributed by atoms with E-state index in [0.717, 1.165) is 10.7 Å². The number of unbranched alkanes of at least 4 members (excludes halogenated alkanes) is 7. The van der Waals surface area contributed by atoms with Gasteiger partial charge in [-0.2, -0.15) is 0 Å². The van der Waals surface area contributed by atoms with E-state index in [0.29, 0.717) is 0 Å². The lowest BCUT2D eigenvalue weighted by molar-refractivity contribution is 0.408. The van der Waals surface area contributed by atoms with E-state index in [1.807, 2.05) is 0 Å². The number of hydrogen-bond donors (Lipinski definition) is 0. The number of rotatable bonds is 9. The molecule has 1 aliphatic carbocycles. The second kappa shape index (κ2) is 11.3. The topological polar surface area (TPSA) is 0 Å². The van der Waals surface area contributed by atoms with Gasteiger partial charge in [-0.25, -0.2) is 0 Å². The number of halogens is 1. The molecule has 0 amide bonds. The highest BCUT2D eigenvalue weighted by molar-refractivity contribution is 9.09. The highest BCUT2D eigenvalue weighted by atomic mass is 79.9. The van der Waals surface area contributed by atoms with Gasteiger partial charge in [0.2, 0.25) is 0 Å². The summed E-state index contributed by atoms with van der Waals surface area (Å²) >= 11 is 3.84. The molecule has 2 unspecified atom stereocenters. The lowest BCUT2D eigenvalue weighted by atomic mass is 9.93. The average molecular weight is 317 g/mol. The van der Waals surface area contributed by atoms with Gasteiger partial charge in [0, 0.05) is 4.83 Å². The molecule has 0 heterocycles. The molecule has 2 atom stereocenters. The largest absolute Gasteiger partial charge is 0.0891 e. The molecule has 0 nitrogen and oxygen atoms in total. The summed E-state index contributed by atoms with van der Waals surface area (Å²) in [6.07, 6.45) is 20.4. The molecule has 1 fully saturated rings. The summed E-state index contributed by atoms with van der Waals surface area (Å²) in [5.74, 6) is 1.02. The van der Waals surface area contributed by atoms with Crippen LogP contribution in [0.15, 0.2) is 0 Å². The fraction of sp³-hybridized carbons (Fsp3) is 1.00. The van der Waals surface area contributed by atoms with Gasteiger partial charge in [0.05, 0.1) is 0 Å². The van der Waals surface area contributed by atoms with E-state index in [1.165, 1.54) is 89.9 Å². The summed E-state index contributed by atoms with van der Waals surface area (Å²) in [7, 11) is 0. The number of alkyl halides is 1. The van der Waals surface area contributed by atoms with E-state index >= 15 is 0 Å². The zero-order chi connectivity index (χ0) is 13.1. The van der Waals surface area contributed by atoms with Crippen molar-refractivity contribution in [2.75, 3.05) is 0 Å². The summed E-state index contributed by atoms with van der Waals surface area (Å²) in [5, 5.41) is 0. The lowest BCUT2D eigenvalue weighted by Gasteiger charge is -2.15. The molecule has 0 N–H and O–H groups in total. The van der Waals surface area contributed by atoms with Crippen LogP contribution in [0, 0.1) is 5.92 Å². The van der Waals surface area contributed by atoms with Gasteiger partial charge in [-0.05, 0) is 18.8 Å². The molecule has 0 spiro atoms. The first-order valence-electron chi connectivity index (χ1n) is 8.47. The Balaban J connectivity index is 1.90. The smallest absolute Gasteiger partial charge is 0.0148 e. The Morgan fingerprint density at radius 1 is 0.833 bits per heavy atom. The fourth-order valence-electron chi connectivity index (χ4n) is 3.23. The minimum absolute atomic E-state index is 0.819. The molecule has 1 heteroatoms. The Morgan fingerprint density at radius 3 is 2.17 bits per heavy atom. The third-order valence-corrected chi connectivity index (χ3v) is 5.27. The molecule has 0 saturated heterocycles. The molecule has 0 radical (unpaired) electrons. The predicted molar refractivity (Wildman–Crippen MR) is 86.5 cm³/mol. The molecule has 1 aliphatic rings. The van der Waals surface area contributed by atoms with Crippen LogP contribution in [0.3, 0.4) is 0 Å². The lowest BCUT2D eigenvalue weighted by Crippen LogP contribution is -2.05. The minimum Gasteiger partial charge on any atom is -0.0891 e. The van der Waals surface area contributed by atoms with Crippen molar-refractivity contribution in [3.05, 3.63) is 0 Å². The van der Waals surface area contributed by atoms with Gasteiger partial charge in [0.25, 0.3) is 0 Å². The maximum absolute atomic E-state index is 3.84. The molecular weight excluding hydrogens is 284 g/mol. The molecule has 0 aromatic heterocycles. The minimum atomic E-state index is 0.819. The molecule has 18 heavy (non-hydrogen) atoms. The number of hydrogen-bond acceptors (Lipinski definition) is 0. The molecule has 0 aromatic carbocycles. The van der Waals surface area contributed by atoms with Crippen LogP contribution in [0.1, 0.15) is 96.8 Å². The molecule has 0 aliphatic heterocycles. The van der Waals surface area contributed by atoms with E-state index in [4.69, 9.17) is 0 Å². The van der Waals surface area contributed by atoms with Crippen molar-refractivity contribution in [1.29, 1.82) is 0 Å². The van der Waals surface area contributed by atoms with Gasteiger partial charge in [0.1, 0.15) is 0 Å². The summed E-state index contributed by atoms with van der Waals surface area (Å²) in [4.78, 5) is 0.819. The van der Waals surface area contributed by atoms with E-state index in [1.54, 1.807) is 0 Å². The quantitative estimate of drug-likeness (QED) is 0.247. The Hall–Kier alpha value is 0.480. The Labute approximate surface area is 123 Å². The summed E-state index contributed by atoms with van der Waals surface area (Å²) in [5.41, 5.74) is 0. The normalized spacial score (nSPS) is 25.0. The van der Waals surface area contributed by atoms with Crippen molar-refractivity contribution in [3.8, 4) is 0 Å². The van der Waals surface area contributed by atoms with E-state index < -0.39 is 0 Å². The highest BCUT2D eigenvalue weighted by Gasteiger charge is 2.17. The van der Waals surface area contributed by atoms with Crippen LogP contribution in [-0.2, 0) is 0 Å². The maximum atomic E-state index is 3.84. The van der Waals surface area contributed by atoms with E-state index in [-0.39, 0.29) is 0 Å². The summed E-state index contributed by atoms with van der Waals surface area (Å²) < 4.78 is 0. The van der Waals surface area contributed by atoms with Crippen LogP contribution < -0.4 is 0 Å². The monoisotopic (exact) mass is 316 g/mol. The van der Waals surface area contributed by atoms with Gasteiger partial charge in [-0.1, -0.05) is 99.9 Å². The third kappa shape index (κ3) is 8.56. The maximum Gasteiger partial charge on any atom is 0.0148 e. The first-order valence-corrected chi connectivity index (χ1v) is 9.38. The Morgan fingerprint density at radius 2 is 1.44 bits per heavy atom. The van der Waals surface area contributed by atoms with Crippen molar-refractivity contribution < 1.29 is 0 Å². The van der Waals surface area contributed by atoms with Crippen LogP contribution >= 0.6 is 15.9 Å². The van der Waals surface area contributed by atoms with Gasteiger partial charge in [-0.15, -0.1) is 0 Å². The predicted octanol–water partition coefficient (Wildman–Crippen LogP) is 6.86. The van der Waals surface area contributed by atoms with Crippen molar-refractivity contribution in [2.45, 2.75) is 102 Å². The van der Waals surface area contributed by atoms with Gasteiger partial charge >= 0.3 is 0 Å². The third-order valence-electron chi connectivity index (χ3n) is 4.43. The highest BCUT2D eigenvalue weighted by Crippen LogP contribution is 2.31. The Bertz CT molecular complexity index is 178. The first kappa shape index (κ1) is 16.5. The standard InChI is InChI=1S/C17H33Br/c1-2-3-4-5-6-7-8-9-12-16-13-10-11-14-17(18)15-16/h16-17H,2-15H2,1H3. The van der Waals surface area contributed by atoms with Gasteiger partial charge in [-0.3, -0.25) is 0 Å². The SMILES string of the molecule is CCCCCCCCCCC1CCCCC(Br)C1. The molecule has 1 saturated carbocycles. The Kier molecular flexibility index (Phi) is 10.4. The van der Waals surface area contributed by atoms with E-state index in [2.05, 4.69) is 22.9 Å². The zero-order valence-electron chi connectivity index (χ0n) is 12.4. The molecule has 1 rings (SSSR count). The van der Waals surface area contributed by atoms with Crippen molar-refractivity contribution in [1.82, 2.24) is 0 Å². The molecule has 0 aromatic rings. The van der Waals surface area contributed by atoms with Crippen LogP contribution in [0.25, 0.3) is 0 Å². The van der Waals surface area contributed by atoms with Crippen molar-refractivity contribution in [2.24, 2.45) is 5.92 Å². The van der Waals surface area contributed by atoms with Gasteiger partial charge in [0.15, 0.2) is 0 Å². The molecular formula is C17H33Br. The molecule has 108 valence electrons. The van der Waals surface area contributed by atoms with Crippen LogP contribution in [-0.4, -0.2) is 4.83 Å². The zero-order valence-corrected chi connectivity index (χ0v) is 14.0. The van der Waals surface area contributed by atoms with Crippen LogP contribution in [0.4, 0.5) is 0 Å². The van der Waals surface area contributed by atoms with E-state index in [9.17, 15) is 0 Å².